The summed E-state index contributed by atoms with van der Waals surface area (Å²) in [6.45, 7) is 15.4. The number of ether oxygens (including phenoxy) is 2. The van der Waals surface area contributed by atoms with Crippen LogP contribution in [0.5, 0.6) is 5.75 Å². The Morgan fingerprint density at radius 3 is 2.82 bits per heavy atom. The number of hydrogen-bond donors (Lipinski definition) is 1. The van der Waals surface area contributed by atoms with Gasteiger partial charge in [-0.2, -0.15) is 5.10 Å². The van der Waals surface area contributed by atoms with Crippen LogP contribution in [0.4, 0.5) is 0 Å². The normalized spacial score (nSPS) is 18.0. The monoisotopic (exact) mass is 305 g/mol. The van der Waals surface area contributed by atoms with Gasteiger partial charge in [0, 0.05) is 21.2 Å². The number of morpholine rings is 1. The van der Waals surface area contributed by atoms with Gasteiger partial charge in [-0.1, -0.05) is 26.5 Å². The molecule has 1 heterocycles. The van der Waals surface area contributed by atoms with Crippen molar-refractivity contribution >= 4 is 12.6 Å². The van der Waals surface area contributed by atoms with E-state index in [2.05, 4.69) is 34.9 Å². The molecule has 0 radical (unpaired) electrons. The Labute approximate surface area is 134 Å². The lowest BCUT2D eigenvalue weighted by Gasteiger charge is -2.24. The topological polar surface area (TPSA) is 55.2 Å². The molecular weight excluding hydrogens is 278 g/mol. The molecule has 1 atom stereocenters. The van der Waals surface area contributed by atoms with E-state index in [1.54, 1.807) is 0 Å². The first-order valence-corrected chi connectivity index (χ1v) is 7.51. The lowest BCUT2D eigenvalue weighted by Crippen LogP contribution is -2.33. The summed E-state index contributed by atoms with van der Waals surface area (Å²) < 4.78 is 11.4. The Morgan fingerprint density at radius 1 is 1.45 bits per heavy atom. The molecular formula is C17H27N3O2. The number of rotatable bonds is 4. The van der Waals surface area contributed by atoms with Gasteiger partial charge in [-0.15, -0.1) is 5.10 Å². The van der Waals surface area contributed by atoms with Gasteiger partial charge in [-0.05, 0) is 36.3 Å². The van der Waals surface area contributed by atoms with E-state index in [0.29, 0.717) is 18.3 Å². The van der Waals surface area contributed by atoms with Crippen molar-refractivity contribution in [2.75, 3.05) is 19.7 Å². The fraction of sp³-hybridized carbons (Fsp3) is 0.412. The molecule has 2 rings (SSSR count). The molecule has 0 unspecified atom stereocenters. The predicted octanol–water partition coefficient (Wildman–Crippen LogP) is 3.51. The van der Waals surface area contributed by atoms with Crippen molar-refractivity contribution in [1.29, 1.82) is 0 Å². The maximum absolute atomic E-state index is 5.76. The second-order valence-electron chi connectivity index (χ2n) is 4.53. The molecule has 1 aliphatic heterocycles. The minimum Gasteiger partial charge on any atom is -0.438 e. The van der Waals surface area contributed by atoms with Crippen LogP contribution in [0.1, 0.15) is 32.5 Å². The van der Waals surface area contributed by atoms with Crippen LogP contribution >= 0.6 is 0 Å². The van der Waals surface area contributed by atoms with Gasteiger partial charge in [0.1, 0.15) is 5.75 Å². The zero-order chi connectivity index (χ0) is 16.4. The number of nitrogens with one attached hydrogen (secondary N) is 1. The summed E-state index contributed by atoms with van der Waals surface area (Å²) >= 11 is 0. The van der Waals surface area contributed by atoms with Crippen LogP contribution in [0.15, 0.2) is 41.1 Å². The average molecular weight is 305 g/mol. The lowest BCUT2D eigenvalue weighted by atomic mass is 10.1. The number of benzene rings is 1. The van der Waals surface area contributed by atoms with Gasteiger partial charge >= 0.3 is 0 Å². The zero-order valence-electron chi connectivity index (χ0n) is 13.6. The van der Waals surface area contributed by atoms with Crippen molar-refractivity contribution in [3.05, 3.63) is 42.0 Å². The molecule has 0 aliphatic carbocycles. The molecule has 1 aromatic rings. The smallest absolute Gasteiger partial charge is 0.238 e. The fourth-order valence-corrected chi connectivity index (χ4v) is 2.09. The summed E-state index contributed by atoms with van der Waals surface area (Å²) in [5, 5.41) is 10.5. The highest BCUT2D eigenvalue weighted by molar-refractivity contribution is 5.88. The largest absolute Gasteiger partial charge is 0.438 e. The summed E-state index contributed by atoms with van der Waals surface area (Å²) in [5.74, 6) is 1.01. The summed E-state index contributed by atoms with van der Waals surface area (Å²) in [6.07, 6.45) is 1.54. The van der Waals surface area contributed by atoms with Crippen LogP contribution in [-0.4, -0.2) is 32.3 Å². The third-order valence-electron chi connectivity index (χ3n) is 2.94. The van der Waals surface area contributed by atoms with E-state index in [1.807, 2.05) is 32.9 Å². The van der Waals surface area contributed by atoms with Crippen molar-refractivity contribution < 1.29 is 10.9 Å². The standard InChI is InChI=1S/C15H19N3O2.C2H6.H2/c1-4-15(18-16-3)20-13-8-11(2)7-12(9-13)14-10-17-5-6-19-14;1-2;/h4,7-9,14,17H,1,3,5-6,10H2,2H3;1-2H3;1H/b18-15+;;/t14-;;/m0../s1. The highest BCUT2D eigenvalue weighted by Crippen LogP contribution is 2.25. The van der Waals surface area contributed by atoms with Gasteiger partial charge in [-0.25, -0.2) is 0 Å². The Kier molecular flexibility index (Phi) is 8.10. The molecule has 1 fully saturated rings. The van der Waals surface area contributed by atoms with E-state index in [-0.39, 0.29) is 7.53 Å². The molecule has 1 aliphatic rings. The molecule has 0 aromatic heterocycles. The molecule has 0 amide bonds. The van der Waals surface area contributed by atoms with Crippen molar-refractivity contribution in [3.63, 3.8) is 0 Å². The first kappa shape index (κ1) is 18.1. The molecule has 0 bridgehead atoms. The number of hydrogen-bond acceptors (Lipinski definition) is 5. The van der Waals surface area contributed by atoms with Crippen LogP contribution < -0.4 is 10.1 Å². The molecule has 0 spiro atoms. The first-order chi connectivity index (χ1) is 10.7. The van der Waals surface area contributed by atoms with Gasteiger partial charge in [0.15, 0.2) is 0 Å². The van der Waals surface area contributed by atoms with Crippen LogP contribution in [-0.2, 0) is 4.74 Å². The maximum atomic E-state index is 5.76. The third kappa shape index (κ3) is 5.42. The molecule has 5 heteroatoms. The van der Waals surface area contributed by atoms with Gasteiger partial charge < -0.3 is 14.8 Å². The van der Waals surface area contributed by atoms with Crippen LogP contribution in [0.2, 0.25) is 0 Å². The third-order valence-corrected chi connectivity index (χ3v) is 2.94. The van der Waals surface area contributed by atoms with Gasteiger partial charge in [0.25, 0.3) is 0 Å². The maximum Gasteiger partial charge on any atom is 0.238 e. The Balaban J connectivity index is 0.00000155. The van der Waals surface area contributed by atoms with E-state index >= 15 is 0 Å². The van der Waals surface area contributed by atoms with E-state index in [0.717, 1.165) is 24.2 Å². The number of aryl methyl sites for hydroxylation is 1. The Morgan fingerprint density at radius 2 is 2.23 bits per heavy atom. The van der Waals surface area contributed by atoms with Crippen LogP contribution in [0, 0.1) is 6.92 Å². The van der Waals surface area contributed by atoms with Crippen molar-refractivity contribution in [3.8, 4) is 5.75 Å². The molecule has 1 N–H and O–H groups in total. The van der Waals surface area contributed by atoms with Crippen molar-refractivity contribution in [2.24, 2.45) is 10.2 Å². The fourth-order valence-electron chi connectivity index (χ4n) is 2.09. The SMILES string of the molecule is C=C/C(=N\N=C)Oc1cc(C)cc([C@@H]2CNCCO2)c1.CC.[HH]. The summed E-state index contributed by atoms with van der Waals surface area (Å²) in [5.41, 5.74) is 2.18. The first-order valence-electron chi connectivity index (χ1n) is 7.51. The second-order valence-corrected chi connectivity index (χ2v) is 4.53. The average Bonchev–Trinajstić information content (AvgIpc) is 2.56. The second kappa shape index (κ2) is 9.87. The molecule has 0 saturated carbocycles. The van der Waals surface area contributed by atoms with E-state index in [1.165, 1.54) is 6.08 Å². The molecule has 122 valence electrons. The highest BCUT2D eigenvalue weighted by Gasteiger charge is 2.17. The number of nitrogens with zero attached hydrogens (tertiary/aromatic N) is 2. The lowest BCUT2D eigenvalue weighted by molar-refractivity contribution is 0.0276. The minimum absolute atomic E-state index is 0. The molecule has 1 aromatic carbocycles. The summed E-state index contributed by atoms with van der Waals surface area (Å²) in [4.78, 5) is 0. The van der Waals surface area contributed by atoms with Crippen molar-refractivity contribution in [2.45, 2.75) is 26.9 Å². The minimum atomic E-state index is 0. The molecule has 1 saturated heterocycles. The zero-order valence-corrected chi connectivity index (χ0v) is 13.6. The van der Waals surface area contributed by atoms with Gasteiger partial charge in [0.05, 0.1) is 12.7 Å². The summed E-state index contributed by atoms with van der Waals surface area (Å²) in [6, 6.07) is 5.98. The summed E-state index contributed by atoms with van der Waals surface area (Å²) in [7, 11) is 0. The van der Waals surface area contributed by atoms with Crippen molar-refractivity contribution in [1.82, 2.24) is 5.32 Å². The van der Waals surface area contributed by atoms with E-state index < -0.39 is 0 Å². The van der Waals surface area contributed by atoms with Gasteiger partial charge in [-0.3, -0.25) is 0 Å². The molecule has 5 nitrogen and oxygen atoms in total. The quantitative estimate of drug-likeness (QED) is 0.526. The van der Waals surface area contributed by atoms with Crippen LogP contribution in [0.3, 0.4) is 0 Å². The Bertz CT molecular complexity index is 527. The van der Waals surface area contributed by atoms with E-state index in [9.17, 15) is 0 Å². The van der Waals surface area contributed by atoms with Gasteiger partial charge in [0.2, 0.25) is 5.90 Å². The highest BCUT2D eigenvalue weighted by atomic mass is 16.5. The van der Waals surface area contributed by atoms with Crippen LogP contribution in [0.25, 0.3) is 0 Å². The molecule has 22 heavy (non-hydrogen) atoms. The Hall–Kier alpha value is -1.98. The predicted molar refractivity (Wildman–Crippen MR) is 94.0 cm³/mol. The van der Waals surface area contributed by atoms with E-state index in [4.69, 9.17) is 9.47 Å².